The Hall–Kier alpha value is -2.69. The minimum atomic E-state index is -0.625. The molecule has 5 nitrogen and oxygen atoms in total. The summed E-state index contributed by atoms with van der Waals surface area (Å²) in [4.78, 5) is 20.8. The molecule has 1 aromatic heterocycles. The van der Waals surface area contributed by atoms with Gasteiger partial charge in [0.25, 0.3) is 0 Å². The molecule has 18 heavy (non-hydrogen) atoms. The second-order valence-electron chi connectivity index (χ2n) is 3.52. The van der Waals surface area contributed by atoms with Gasteiger partial charge in [-0.3, -0.25) is 14.9 Å². The number of allylic oxidation sites excluding steroid dienone is 1. The van der Waals surface area contributed by atoms with Crippen LogP contribution < -0.4 is 0 Å². The number of rotatable bonds is 4. The Morgan fingerprint density at radius 1 is 1.17 bits per heavy atom. The maximum Gasteiger partial charge on any atom is 0.433 e. The smallest absolute Gasteiger partial charge is 0.401 e. The molecule has 0 aliphatic rings. The minimum Gasteiger partial charge on any atom is -0.401 e. The largest absolute Gasteiger partial charge is 0.433 e. The Labute approximate surface area is 103 Å². The Morgan fingerprint density at radius 2 is 1.89 bits per heavy atom. The van der Waals surface area contributed by atoms with E-state index in [1.54, 1.807) is 24.3 Å². The van der Waals surface area contributed by atoms with Gasteiger partial charge < -0.3 is 4.42 Å². The third kappa shape index (κ3) is 2.52. The van der Waals surface area contributed by atoms with Crippen LogP contribution in [-0.4, -0.2) is 11.2 Å². The van der Waals surface area contributed by atoms with E-state index in [2.05, 4.69) is 0 Å². The number of furan rings is 1. The summed E-state index contributed by atoms with van der Waals surface area (Å²) in [5.41, 5.74) is 1.13. The molecule has 0 saturated carbocycles. The van der Waals surface area contributed by atoms with Crippen molar-refractivity contribution in [1.29, 1.82) is 0 Å². The highest BCUT2D eigenvalue weighted by molar-refractivity contribution is 6.13. The van der Waals surface area contributed by atoms with Gasteiger partial charge in [0.1, 0.15) is 10.7 Å². The fourth-order valence-electron chi connectivity index (χ4n) is 1.49. The maximum absolute atomic E-state index is 11.0. The third-order valence-electron chi connectivity index (χ3n) is 2.32. The van der Waals surface area contributed by atoms with Crippen molar-refractivity contribution in [3.05, 3.63) is 63.9 Å². The number of carbonyl (C=O) groups is 1. The first kappa shape index (κ1) is 11.8. The number of hydrogen-bond donors (Lipinski definition) is 0. The molecule has 0 bridgehead atoms. The summed E-state index contributed by atoms with van der Waals surface area (Å²) in [6.07, 6.45) is 2.15. The van der Waals surface area contributed by atoms with Gasteiger partial charge in [-0.25, -0.2) is 0 Å². The van der Waals surface area contributed by atoms with Gasteiger partial charge in [0, 0.05) is 5.57 Å². The SMILES string of the molecule is O=CC(=Cc1ccc([N+](=O)[O-])o1)c1ccccc1. The molecule has 0 saturated heterocycles. The Bertz CT molecular complexity index is 598. The van der Waals surface area contributed by atoms with E-state index in [0.717, 1.165) is 5.56 Å². The van der Waals surface area contributed by atoms with E-state index in [9.17, 15) is 14.9 Å². The number of benzene rings is 1. The van der Waals surface area contributed by atoms with Crippen LogP contribution in [0.15, 0.2) is 46.9 Å². The normalized spacial score (nSPS) is 11.2. The predicted octanol–water partition coefficient (Wildman–Crippen LogP) is 2.93. The summed E-state index contributed by atoms with van der Waals surface area (Å²) in [6.45, 7) is 0. The Balaban J connectivity index is 2.35. The predicted molar refractivity (Wildman–Crippen MR) is 65.7 cm³/mol. The molecule has 1 heterocycles. The molecule has 0 radical (unpaired) electrons. The zero-order chi connectivity index (χ0) is 13.0. The van der Waals surface area contributed by atoms with Crippen molar-refractivity contribution in [2.45, 2.75) is 0 Å². The van der Waals surface area contributed by atoms with Crippen molar-refractivity contribution in [3.8, 4) is 0 Å². The van der Waals surface area contributed by atoms with Crippen LogP contribution in [0.3, 0.4) is 0 Å². The van der Waals surface area contributed by atoms with Crippen molar-refractivity contribution in [1.82, 2.24) is 0 Å². The van der Waals surface area contributed by atoms with Crippen LogP contribution in [0.4, 0.5) is 5.88 Å². The third-order valence-corrected chi connectivity index (χ3v) is 2.32. The lowest BCUT2D eigenvalue weighted by Crippen LogP contribution is -1.85. The highest BCUT2D eigenvalue weighted by Crippen LogP contribution is 2.21. The van der Waals surface area contributed by atoms with Crippen molar-refractivity contribution < 1.29 is 14.1 Å². The maximum atomic E-state index is 11.0. The van der Waals surface area contributed by atoms with Crippen LogP contribution in [0.5, 0.6) is 0 Å². The fourth-order valence-corrected chi connectivity index (χ4v) is 1.49. The van der Waals surface area contributed by atoms with E-state index in [0.29, 0.717) is 11.9 Å². The van der Waals surface area contributed by atoms with Crippen molar-refractivity contribution in [3.63, 3.8) is 0 Å². The zero-order valence-corrected chi connectivity index (χ0v) is 9.28. The van der Waals surface area contributed by atoms with Gasteiger partial charge in [0.05, 0.1) is 6.07 Å². The Kier molecular flexibility index (Phi) is 3.33. The fraction of sp³-hybridized carbons (Fsp3) is 0. The van der Waals surface area contributed by atoms with Gasteiger partial charge in [-0.15, -0.1) is 0 Å². The van der Waals surface area contributed by atoms with Gasteiger partial charge >= 0.3 is 5.88 Å². The molecular formula is C13H9NO4. The molecule has 2 rings (SSSR count). The van der Waals surface area contributed by atoms with Crippen molar-refractivity contribution in [2.24, 2.45) is 0 Å². The second-order valence-corrected chi connectivity index (χ2v) is 3.52. The summed E-state index contributed by atoms with van der Waals surface area (Å²) in [5.74, 6) is -0.0767. The highest BCUT2D eigenvalue weighted by atomic mass is 16.6. The summed E-state index contributed by atoms with van der Waals surface area (Å²) < 4.78 is 4.96. The average Bonchev–Trinajstić information content (AvgIpc) is 2.86. The van der Waals surface area contributed by atoms with Gasteiger partial charge in [-0.05, 0) is 17.7 Å². The van der Waals surface area contributed by atoms with Gasteiger partial charge in [0.15, 0.2) is 6.29 Å². The number of aldehydes is 1. The zero-order valence-electron chi connectivity index (χ0n) is 9.28. The van der Waals surface area contributed by atoms with Crippen LogP contribution in [0.1, 0.15) is 11.3 Å². The van der Waals surface area contributed by atoms with Crippen LogP contribution in [0, 0.1) is 10.1 Å². The quantitative estimate of drug-likeness (QED) is 0.358. The van der Waals surface area contributed by atoms with E-state index in [-0.39, 0.29) is 11.6 Å². The first-order valence-corrected chi connectivity index (χ1v) is 5.17. The minimum absolute atomic E-state index is 0.271. The number of hydrogen-bond acceptors (Lipinski definition) is 4. The van der Waals surface area contributed by atoms with E-state index >= 15 is 0 Å². The summed E-state index contributed by atoms with van der Waals surface area (Å²) in [7, 11) is 0. The molecule has 0 atom stereocenters. The number of carbonyl (C=O) groups excluding carboxylic acids is 1. The van der Waals surface area contributed by atoms with Gasteiger partial charge in [-0.1, -0.05) is 30.3 Å². The summed E-state index contributed by atoms with van der Waals surface area (Å²) >= 11 is 0. The molecule has 0 spiro atoms. The van der Waals surface area contributed by atoms with Crippen LogP contribution in [0.25, 0.3) is 11.6 Å². The van der Waals surface area contributed by atoms with E-state index < -0.39 is 4.92 Å². The summed E-state index contributed by atoms with van der Waals surface area (Å²) in [5, 5.41) is 10.5. The van der Waals surface area contributed by atoms with Crippen LogP contribution in [-0.2, 0) is 4.79 Å². The van der Waals surface area contributed by atoms with E-state index in [1.807, 2.05) is 6.07 Å². The molecule has 0 amide bonds. The molecule has 0 fully saturated rings. The van der Waals surface area contributed by atoms with E-state index in [4.69, 9.17) is 4.42 Å². The number of nitrogens with zero attached hydrogens (tertiary/aromatic N) is 1. The lowest BCUT2D eigenvalue weighted by atomic mass is 10.1. The summed E-state index contributed by atoms with van der Waals surface area (Å²) in [6, 6.07) is 11.7. The molecule has 0 unspecified atom stereocenters. The van der Waals surface area contributed by atoms with E-state index in [1.165, 1.54) is 18.2 Å². The molecule has 0 aliphatic carbocycles. The molecular weight excluding hydrogens is 234 g/mol. The second kappa shape index (κ2) is 5.09. The molecule has 0 N–H and O–H groups in total. The van der Waals surface area contributed by atoms with Crippen molar-refractivity contribution in [2.75, 3.05) is 0 Å². The lowest BCUT2D eigenvalue weighted by molar-refractivity contribution is -0.402. The van der Waals surface area contributed by atoms with Crippen LogP contribution in [0.2, 0.25) is 0 Å². The van der Waals surface area contributed by atoms with Gasteiger partial charge in [0.2, 0.25) is 0 Å². The van der Waals surface area contributed by atoms with Crippen molar-refractivity contribution >= 4 is 23.8 Å². The average molecular weight is 243 g/mol. The topological polar surface area (TPSA) is 73.3 Å². The molecule has 2 aromatic rings. The first-order chi connectivity index (χ1) is 8.70. The van der Waals surface area contributed by atoms with Crippen LogP contribution >= 0.6 is 0 Å². The molecule has 0 aliphatic heterocycles. The Morgan fingerprint density at radius 3 is 2.44 bits per heavy atom. The standard InChI is InChI=1S/C13H9NO4/c15-9-11(10-4-2-1-3-5-10)8-12-6-7-13(18-12)14(16)17/h1-9H. The monoisotopic (exact) mass is 243 g/mol. The number of nitro groups is 1. The highest BCUT2D eigenvalue weighted by Gasteiger charge is 2.11. The lowest BCUT2D eigenvalue weighted by Gasteiger charge is -1.97. The first-order valence-electron chi connectivity index (χ1n) is 5.17. The molecule has 1 aromatic carbocycles. The molecule has 5 heteroatoms. The molecule has 90 valence electrons. The van der Waals surface area contributed by atoms with Gasteiger partial charge in [-0.2, -0.15) is 0 Å².